The van der Waals surface area contributed by atoms with Crippen molar-refractivity contribution < 1.29 is 0 Å². The molecule has 1 aromatic carbocycles. The minimum absolute atomic E-state index is 0.145. The molecule has 122 valence electrons. The summed E-state index contributed by atoms with van der Waals surface area (Å²) < 4.78 is 0. The number of hydrogen-bond donors (Lipinski definition) is 1. The first-order chi connectivity index (χ1) is 10.9. The first kappa shape index (κ1) is 15.5. The largest absolute Gasteiger partial charge is 0.368 e. The fourth-order valence-corrected chi connectivity index (χ4v) is 2.78. The van der Waals surface area contributed by atoms with Crippen LogP contribution < -0.4 is 15.4 Å². The third-order valence-corrected chi connectivity index (χ3v) is 4.10. The number of nitrogens with one attached hydrogen (secondary N) is 1. The van der Waals surface area contributed by atoms with E-state index in [9.17, 15) is 4.79 Å². The summed E-state index contributed by atoms with van der Waals surface area (Å²) in [6, 6.07) is 10.4. The smallest absolute Gasteiger partial charge is 0.274 e. The lowest BCUT2D eigenvalue weighted by Gasteiger charge is -2.36. The van der Waals surface area contributed by atoms with Crippen LogP contribution in [-0.4, -0.2) is 41.4 Å². The minimum atomic E-state index is -0.300. The van der Waals surface area contributed by atoms with Crippen molar-refractivity contribution in [2.75, 3.05) is 36.0 Å². The molecule has 0 radical (unpaired) electrons. The normalized spacial score (nSPS) is 15.8. The number of nitrogens with zero attached hydrogens (tertiary/aromatic N) is 4. The number of aromatic nitrogens is 3. The molecule has 0 amide bonds. The van der Waals surface area contributed by atoms with Gasteiger partial charge in [0.05, 0.1) is 0 Å². The Morgan fingerprint density at radius 1 is 0.957 bits per heavy atom. The Hall–Kier alpha value is -2.37. The van der Waals surface area contributed by atoms with Crippen molar-refractivity contribution >= 4 is 11.6 Å². The van der Waals surface area contributed by atoms with Gasteiger partial charge in [0.1, 0.15) is 5.69 Å². The number of aromatic amines is 1. The number of rotatable bonds is 2. The molecule has 0 bridgehead atoms. The number of piperazine rings is 1. The van der Waals surface area contributed by atoms with Crippen molar-refractivity contribution in [1.82, 2.24) is 15.2 Å². The average molecular weight is 313 g/mol. The van der Waals surface area contributed by atoms with E-state index in [1.807, 2.05) is 26.8 Å². The molecular weight excluding hydrogens is 290 g/mol. The highest BCUT2D eigenvalue weighted by atomic mass is 16.1. The predicted octanol–water partition coefficient (Wildman–Crippen LogP) is 1.79. The van der Waals surface area contributed by atoms with Gasteiger partial charge in [0.25, 0.3) is 5.56 Å². The van der Waals surface area contributed by atoms with Gasteiger partial charge in [-0.25, -0.2) is 0 Å². The van der Waals surface area contributed by atoms with Crippen LogP contribution in [0.25, 0.3) is 0 Å². The van der Waals surface area contributed by atoms with E-state index in [1.54, 1.807) is 0 Å². The van der Waals surface area contributed by atoms with E-state index in [0.717, 1.165) is 26.2 Å². The van der Waals surface area contributed by atoms with Gasteiger partial charge in [0, 0.05) is 37.3 Å². The molecule has 0 aliphatic carbocycles. The van der Waals surface area contributed by atoms with Crippen LogP contribution in [0.3, 0.4) is 0 Å². The molecule has 23 heavy (non-hydrogen) atoms. The van der Waals surface area contributed by atoms with Crippen LogP contribution >= 0.6 is 0 Å². The number of anilines is 2. The molecule has 1 aliphatic heterocycles. The molecule has 1 aromatic heterocycles. The molecule has 1 aliphatic rings. The van der Waals surface area contributed by atoms with Crippen LogP contribution in [-0.2, 0) is 5.41 Å². The molecule has 0 unspecified atom stereocenters. The summed E-state index contributed by atoms with van der Waals surface area (Å²) in [7, 11) is 0. The Morgan fingerprint density at radius 2 is 1.57 bits per heavy atom. The highest BCUT2D eigenvalue weighted by Gasteiger charge is 2.23. The van der Waals surface area contributed by atoms with Crippen LogP contribution in [0.1, 0.15) is 26.5 Å². The van der Waals surface area contributed by atoms with Crippen molar-refractivity contribution in [2.24, 2.45) is 0 Å². The van der Waals surface area contributed by atoms with E-state index in [0.29, 0.717) is 11.6 Å². The van der Waals surface area contributed by atoms with Gasteiger partial charge in [0.2, 0.25) is 5.95 Å². The summed E-state index contributed by atoms with van der Waals surface area (Å²) in [6.45, 7) is 9.31. The monoisotopic (exact) mass is 313 g/mol. The maximum atomic E-state index is 12.2. The fraction of sp³-hybridized carbons (Fsp3) is 0.471. The first-order valence-corrected chi connectivity index (χ1v) is 7.97. The number of hydrogen-bond acceptors (Lipinski definition) is 5. The summed E-state index contributed by atoms with van der Waals surface area (Å²) in [6.07, 6.45) is 0. The summed E-state index contributed by atoms with van der Waals surface area (Å²) in [4.78, 5) is 19.5. The summed E-state index contributed by atoms with van der Waals surface area (Å²) in [5.74, 6) is 0.565. The Balaban J connectivity index is 1.71. The van der Waals surface area contributed by atoms with E-state index >= 15 is 0 Å². The van der Waals surface area contributed by atoms with Crippen LogP contribution in [0.4, 0.5) is 11.6 Å². The summed E-state index contributed by atoms with van der Waals surface area (Å²) in [5.41, 5.74) is 1.26. The highest BCUT2D eigenvalue weighted by Crippen LogP contribution is 2.18. The predicted molar refractivity (Wildman–Crippen MR) is 92.2 cm³/mol. The molecule has 2 heterocycles. The Bertz CT molecular complexity index is 712. The zero-order chi connectivity index (χ0) is 16.4. The number of benzene rings is 1. The van der Waals surface area contributed by atoms with Gasteiger partial charge >= 0.3 is 0 Å². The SMILES string of the molecule is CC(C)(C)c1nnc(N2CCN(c3ccccc3)CC2)[nH]c1=O. The van der Waals surface area contributed by atoms with Gasteiger partial charge in [-0.2, -0.15) is 0 Å². The Labute approximate surface area is 136 Å². The van der Waals surface area contributed by atoms with E-state index in [4.69, 9.17) is 0 Å². The van der Waals surface area contributed by atoms with Gasteiger partial charge in [-0.3, -0.25) is 9.78 Å². The van der Waals surface area contributed by atoms with Crippen molar-refractivity contribution in [3.63, 3.8) is 0 Å². The molecule has 0 atom stereocenters. The van der Waals surface area contributed by atoms with Crippen molar-refractivity contribution in [3.05, 3.63) is 46.4 Å². The van der Waals surface area contributed by atoms with Gasteiger partial charge in [-0.15, -0.1) is 10.2 Å². The highest BCUT2D eigenvalue weighted by molar-refractivity contribution is 5.48. The van der Waals surface area contributed by atoms with Crippen molar-refractivity contribution in [2.45, 2.75) is 26.2 Å². The van der Waals surface area contributed by atoms with Gasteiger partial charge in [0.15, 0.2) is 0 Å². The quantitative estimate of drug-likeness (QED) is 0.915. The maximum Gasteiger partial charge on any atom is 0.274 e. The molecule has 1 saturated heterocycles. The lowest BCUT2D eigenvalue weighted by atomic mass is 9.93. The molecule has 1 fully saturated rings. The topological polar surface area (TPSA) is 65.1 Å². The number of para-hydroxylation sites is 1. The molecule has 1 N–H and O–H groups in total. The molecular formula is C17H23N5O. The lowest BCUT2D eigenvalue weighted by molar-refractivity contribution is 0.541. The van der Waals surface area contributed by atoms with Crippen LogP contribution in [0.15, 0.2) is 35.1 Å². The van der Waals surface area contributed by atoms with E-state index in [1.165, 1.54) is 5.69 Å². The first-order valence-electron chi connectivity index (χ1n) is 7.97. The van der Waals surface area contributed by atoms with Crippen molar-refractivity contribution in [3.8, 4) is 0 Å². The van der Waals surface area contributed by atoms with E-state index in [-0.39, 0.29) is 11.0 Å². The zero-order valence-electron chi connectivity index (χ0n) is 13.9. The average Bonchev–Trinajstić information content (AvgIpc) is 2.54. The second kappa shape index (κ2) is 6.02. The van der Waals surface area contributed by atoms with Crippen LogP contribution in [0.5, 0.6) is 0 Å². The summed E-state index contributed by atoms with van der Waals surface area (Å²) in [5, 5.41) is 8.38. The van der Waals surface area contributed by atoms with Gasteiger partial charge in [-0.05, 0) is 12.1 Å². The molecule has 2 aromatic rings. The zero-order valence-corrected chi connectivity index (χ0v) is 13.9. The fourth-order valence-electron chi connectivity index (χ4n) is 2.78. The van der Waals surface area contributed by atoms with Crippen LogP contribution in [0, 0.1) is 0 Å². The number of H-pyrrole nitrogens is 1. The van der Waals surface area contributed by atoms with Crippen LogP contribution in [0.2, 0.25) is 0 Å². The minimum Gasteiger partial charge on any atom is -0.368 e. The third kappa shape index (κ3) is 3.36. The van der Waals surface area contributed by atoms with E-state index in [2.05, 4.69) is 49.2 Å². The Morgan fingerprint density at radius 3 is 2.13 bits per heavy atom. The Kier molecular flexibility index (Phi) is 4.07. The molecule has 0 saturated carbocycles. The summed E-state index contributed by atoms with van der Waals surface area (Å²) >= 11 is 0. The van der Waals surface area contributed by atoms with Crippen molar-refractivity contribution in [1.29, 1.82) is 0 Å². The third-order valence-electron chi connectivity index (χ3n) is 4.10. The standard InChI is InChI=1S/C17H23N5O/c1-17(2,3)14-15(23)18-16(20-19-14)22-11-9-21(10-12-22)13-7-5-4-6-8-13/h4-8H,9-12H2,1-3H3,(H,18,20,23). The molecule has 6 nitrogen and oxygen atoms in total. The van der Waals surface area contributed by atoms with E-state index < -0.39 is 0 Å². The molecule has 6 heteroatoms. The van der Waals surface area contributed by atoms with Gasteiger partial charge < -0.3 is 9.80 Å². The molecule has 3 rings (SSSR count). The maximum absolute atomic E-state index is 12.2. The van der Waals surface area contributed by atoms with Gasteiger partial charge in [-0.1, -0.05) is 39.0 Å². The second-order valence-electron chi connectivity index (χ2n) is 6.89. The molecule has 0 spiro atoms. The second-order valence-corrected chi connectivity index (χ2v) is 6.89. The lowest BCUT2D eigenvalue weighted by Crippen LogP contribution is -2.47.